The quantitative estimate of drug-likeness (QED) is 0.285. The number of alkyl halides is 9. The Labute approximate surface area is 151 Å². The first-order valence-corrected chi connectivity index (χ1v) is 8.72. The molecule has 11 heteroatoms. The first-order chi connectivity index (χ1) is 12.2. The zero-order chi connectivity index (χ0) is 21.4. The topological polar surface area (TPSA) is 29.1 Å². The molecule has 0 saturated carbocycles. The molecule has 0 aromatic carbocycles. The van der Waals surface area contributed by atoms with Crippen LogP contribution in [0.3, 0.4) is 0 Å². The van der Waals surface area contributed by atoms with Crippen molar-refractivity contribution in [2.24, 2.45) is 0 Å². The van der Waals surface area contributed by atoms with Gasteiger partial charge in [-0.1, -0.05) is 58.3 Å². The molecule has 2 nitrogen and oxygen atoms in total. The largest absolute Gasteiger partial charge is 0.460 e. The van der Waals surface area contributed by atoms with Crippen LogP contribution in [0.4, 0.5) is 39.5 Å². The number of carbonyl (C=O) groups excluding carboxylic acids is 1. The highest BCUT2D eigenvalue weighted by Crippen LogP contribution is 2.53. The molecule has 0 unspecified atom stereocenters. The molecule has 0 fully saturated rings. The number of unbranched alkanes of at least 4 members (excludes halogenated alkanes) is 8. The number of halogens is 9. The van der Waals surface area contributed by atoms with Crippen molar-refractivity contribution in [1.29, 1.82) is 0 Å². The summed E-state index contributed by atoms with van der Waals surface area (Å²) in [6.07, 6.45) is 0.506. The number of carbonyl (C=O) groups is 1. The summed E-state index contributed by atoms with van der Waals surface area (Å²) in [7, 11) is 0. The predicted octanol–water partition coefficient (Wildman–Crippen LogP) is 6.10. The standard InChI is InChI=1S/C16H24F9NO/c1-2-3-4-5-6-7-8-9-10-11-26-12(27)13(17,18)14(19,20)15(21,22)16(23,24)25/h2-11H2,1H3,(H,26,27). The van der Waals surface area contributed by atoms with E-state index in [9.17, 15) is 44.3 Å². The van der Waals surface area contributed by atoms with E-state index in [4.69, 9.17) is 0 Å². The lowest BCUT2D eigenvalue weighted by atomic mass is 10.0. The maximum absolute atomic E-state index is 13.3. The van der Waals surface area contributed by atoms with Gasteiger partial charge in [-0.15, -0.1) is 0 Å². The van der Waals surface area contributed by atoms with Gasteiger partial charge < -0.3 is 5.32 Å². The molecule has 0 aromatic heterocycles. The predicted molar refractivity (Wildman–Crippen MR) is 81.1 cm³/mol. The summed E-state index contributed by atoms with van der Waals surface area (Å²) in [6.45, 7) is 1.54. The summed E-state index contributed by atoms with van der Waals surface area (Å²) < 4.78 is 114. The third-order valence-electron chi connectivity index (χ3n) is 4.00. The fraction of sp³-hybridized carbons (Fsp3) is 0.938. The van der Waals surface area contributed by atoms with Crippen molar-refractivity contribution in [3.05, 3.63) is 0 Å². The Bertz CT molecular complexity index is 450. The molecule has 0 atom stereocenters. The third kappa shape index (κ3) is 6.74. The van der Waals surface area contributed by atoms with Crippen molar-refractivity contribution in [3.8, 4) is 0 Å². The molecule has 0 rings (SSSR count). The normalized spacial score (nSPS) is 13.7. The van der Waals surface area contributed by atoms with Gasteiger partial charge in [0.2, 0.25) is 0 Å². The van der Waals surface area contributed by atoms with Gasteiger partial charge in [-0.25, -0.2) is 0 Å². The Kier molecular flexibility index (Phi) is 9.96. The van der Waals surface area contributed by atoms with E-state index in [-0.39, 0.29) is 6.42 Å². The second-order valence-corrected chi connectivity index (χ2v) is 6.31. The summed E-state index contributed by atoms with van der Waals surface area (Å²) >= 11 is 0. The van der Waals surface area contributed by atoms with Crippen LogP contribution >= 0.6 is 0 Å². The van der Waals surface area contributed by atoms with Crippen LogP contribution < -0.4 is 5.32 Å². The van der Waals surface area contributed by atoms with Crippen molar-refractivity contribution >= 4 is 5.91 Å². The lowest BCUT2D eigenvalue weighted by Crippen LogP contribution is -2.65. The van der Waals surface area contributed by atoms with E-state index < -0.39 is 36.4 Å². The van der Waals surface area contributed by atoms with Crippen LogP contribution in [-0.2, 0) is 4.79 Å². The van der Waals surface area contributed by atoms with Gasteiger partial charge in [0.1, 0.15) is 0 Å². The van der Waals surface area contributed by atoms with Crippen LogP contribution in [0.1, 0.15) is 64.7 Å². The molecule has 0 aromatic rings. The van der Waals surface area contributed by atoms with E-state index in [0.29, 0.717) is 12.8 Å². The smallest absolute Gasteiger partial charge is 0.351 e. The molecule has 162 valence electrons. The Hall–Kier alpha value is -1.16. The molecule has 1 N–H and O–H groups in total. The minimum atomic E-state index is -7.06. The van der Waals surface area contributed by atoms with E-state index in [1.807, 2.05) is 0 Å². The molecule has 0 heterocycles. The minimum absolute atomic E-state index is 0.109. The molecule has 0 aliphatic heterocycles. The molecule has 0 aliphatic rings. The number of hydrogen-bond donors (Lipinski definition) is 1. The van der Waals surface area contributed by atoms with E-state index in [1.165, 1.54) is 5.32 Å². The molecular weight excluding hydrogens is 393 g/mol. The van der Waals surface area contributed by atoms with Gasteiger partial charge in [-0.2, -0.15) is 39.5 Å². The third-order valence-corrected chi connectivity index (χ3v) is 4.00. The molecule has 0 aliphatic carbocycles. The van der Waals surface area contributed by atoms with Gasteiger partial charge in [0.05, 0.1) is 0 Å². The summed E-state index contributed by atoms with van der Waals surface area (Å²) in [5.74, 6) is -23.1. The molecule has 1 amide bonds. The van der Waals surface area contributed by atoms with Crippen LogP contribution in [0.5, 0.6) is 0 Å². The maximum Gasteiger partial charge on any atom is 0.460 e. The Morgan fingerprint density at radius 3 is 1.48 bits per heavy atom. The summed E-state index contributed by atoms with van der Waals surface area (Å²) in [6, 6.07) is 0. The lowest BCUT2D eigenvalue weighted by Gasteiger charge is -2.32. The van der Waals surface area contributed by atoms with Crippen molar-refractivity contribution in [3.63, 3.8) is 0 Å². The second kappa shape index (κ2) is 10.4. The van der Waals surface area contributed by atoms with Gasteiger partial charge >= 0.3 is 23.9 Å². The van der Waals surface area contributed by atoms with Gasteiger partial charge in [0.15, 0.2) is 0 Å². The highest BCUT2D eigenvalue weighted by molar-refractivity contribution is 5.84. The Morgan fingerprint density at radius 2 is 1.07 bits per heavy atom. The average molecular weight is 417 g/mol. The van der Waals surface area contributed by atoms with E-state index >= 15 is 0 Å². The van der Waals surface area contributed by atoms with E-state index in [0.717, 1.165) is 38.5 Å². The fourth-order valence-corrected chi connectivity index (χ4v) is 2.27. The zero-order valence-corrected chi connectivity index (χ0v) is 14.9. The van der Waals surface area contributed by atoms with Gasteiger partial charge in [-0.05, 0) is 6.42 Å². The maximum atomic E-state index is 13.3. The van der Waals surface area contributed by atoms with Crippen LogP contribution in [-0.4, -0.2) is 36.4 Å². The van der Waals surface area contributed by atoms with Gasteiger partial charge in [0.25, 0.3) is 5.91 Å². The monoisotopic (exact) mass is 417 g/mol. The summed E-state index contributed by atoms with van der Waals surface area (Å²) in [5.41, 5.74) is 0. The highest BCUT2D eigenvalue weighted by Gasteiger charge is 2.83. The van der Waals surface area contributed by atoms with Crippen LogP contribution in [0, 0.1) is 0 Å². The van der Waals surface area contributed by atoms with Crippen molar-refractivity contribution in [2.75, 3.05) is 6.54 Å². The van der Waals surface area contributed by atoms with Crippen molar-refractivity contribution in [2.45, 2.75) is 88.7 Å². The first-order valence-electron chi connectivity index (χ1n) is 8.72. The highest BCUT2D eigenvalue weighted by atomic mass is 19.4. The minimum Gasteiger partial charge on any atom is -0.351 e. The Morgan fingerprint density at radius 1 is 0.667 bits per heavy atom. The first kappa shape index (κ1) is 25.8. The Balaban J connectivity index is 4.37. The number of amides is 1. The lowest BCUT2D eigenvalue weighted by molar-refractivity contribution is -0.388. The molecule has 0 bridgehead atoms. The van der Waals surface area contributed by atoms with Crippen molar-refractivity contribution in [1.82, 2.24) is 5.32 Å². The van der Waals surface area contributed by atoms with Crippen LogP contribution in [0.15, 0.2) is 0 Å². The fourth-order valence-electron chi connectivity index (χ4n) is 2.27. The molecule has 0 spiro atoms. The second-order valence-electron chi connectivity index (χ2n) is 6.31. The number of nitrogens with one attached hydrogen (secondary N) is 1. The molecule has 0 saturated heterocycles. The van der Waals surface area contributed by atoms with Gasteiger partial charge in [0, 0.05) is 6.54 Å². The summed E-state index contributed by atoms with van der Waals surface area (Å²) in [5, 5.41) is 1.30. The molecule has 0 radical (unpaired) electrons. The zero-order valence-electron chi connectivity index (χ0n) is 14.9. The van der Waals surface area contributed by atoms with Crippen LogP contribution in [0.2, 0.25) is 0 Å². The van der Waals surface area contributed by atoms with E-state index in [1.54, 1.807) is 0 Å². The summed E-state index contributed by atoms with van der Waals surface area (Å²) in [4.78, 5) is 11.1. The SMILES string of the molecule is CCCCCCCCCCCNC(=O)C(F)(F)C(F)(F)C(F)(F)C(F)(F)F. The van der Waals surface area contributed by atoms with Crippen molar-refractivity contribution < 1.29 is 44.3 Å². The van der Waals surface area contributed by atoms with E-state index in [2.05, 4.69) is 6.92 Å². The molecular formula is C16H24F9NO. The number of rotatable bonds is 13. The van der Waals surface area contributed by atoms with Gasteiger partial charge in [-0.3, -0.25) is 4.79 Å². The molecule has 27 heavy (non-hydrogen) atoms. The number of hydrogen-bond acceptors (Lipinski definition) is 1. The van der Waals surface area contributed by atoms with Crippen LogP contribution in [0.25, 0.3) is 0 Å². The average Bonchev–Trinajstić information content (AvgIpc) is 2.54.